The lowest BCUT2D eigenvalue weighted by atomic mass is 9.77. The number of ether oxygens (including phenoxy) is 2. The summed E-state index contributed by atoms with van der Waals surface area (Å²) in [4.78, 5) is 30.5. The quantitative estimate of drug-likeness (QED) is 0.430. The number of carbonyl (C=O) groups is 2. The summed E-state index contributed by atoms with van der Waals surface area (Å²) in [6.45, 7) is 9.22. The van der Waals surface area contributed by atoms with Crippen molar-refractivity contribution < 1.29 is 29.3 Å². The van der Waals surface area contributed by atoms with Crippen LogP contribution in [0.3, 0.4) is 0 Å². The summed E-state index contributed by atoms with van der Waals surface area (Å²) in [6.07, 6.45) is 0.0290. The van der Waals surface area contributed by atoms with E-state index in [1.54, 1.807) is 25.2 Å². The van der Waals surface area contributed by atoms with Gasteiger partial charge in [-0.2, -0.15) is 0 Å². The van der Waals surface area contributed by atoms with Crippen molar-refractivity contribution in [2.24, 2.45) is 11.3 Å². The molecule has 8 heteroatoms. The molecule has 2 saturated heterocycles. The molecule has 3 heterocycles. The van der Waals surface area contributed by atoms with Crippen molar-refractivity contribution >= 4 is 33.3 Å². The molecule has 0 aliphatic carbocycles. The van der Waals surface area contributed by atoms with Crippen LogP contribution in [-0.4, -0.2) is 50.9 Å². The van der Waals surface area contributed by atoms with Gasteiger partial charge in [-0.1, -0.05) is 33.3 Å². The average Bonchev–Trinajstić information content (AvgIpc) is 3.24. The fourth-order valence-electron chi connectivity index (χ4n) is 4.94. The maximum Gasteiger partial charge on any atom is 0.309 e. The maximum atomic E-state index is 13.0. The molecule has 1 aromatic carbocycles. The van der Waals surface area contributed by atoms with Crippen LogP contribution in [0, 0.1) is 18.3 Å². The standard InChI is InChI=1S/C27H37NO6S/c1-15-7-6-10-27(5)24(34-27)13-20(17-8-9-21-18(11-17)28-16(2)35-21)33-25(32)14-23(31)26(3,4)22(30)12-19(15)29/h8-9,11,15,19-20,23-24,29,31H,6-7,10,12-14H2,1-5H3/t15-,19+,20?,23-,24-,27+/m0/s1. The summed E-state index contributed by atoms with van der Waals surface area (Å²) in [5.74, 6) is -0.879. The van der Waals surface area contributed by atoms with Gasteiger partial charge in [-0.3, -0.25) is 9.59 Å². The summed E-state index contributed by atoms with van der Waals surface area (Å²) in [5.41, 5.74) is 0.232. The number of epoxide rings is 1. The van der Waals surface area contributed by atoms with Crippen LogP contribution < -0.4 is 0 Å². The van der Waals surface area contributed by atoms with E-state index in [9.17, 15) is 19.8 Å². The van der Waals surface area contributed by atoms with Crippen molar-refractivity contribution in [1.82, 2.24) is 4.98 Å². The molecule has 2 fully saturated rings. The number of hydrogen-bond acceptors (Lipinski definition) is 8. The Bertz CT molecular complexity index is 1100. The van der Waals surface area contributed by atoms with Gasteiger partial charge in [0.05, 0.1) is 45.6 Å². The second-order valence-corrected chi connectivity index (χ2v) is 12.3. The van der Waals surface area contributed by atoms with Crippen LogP contribution >= 0.6 is 11.3 Å². The number of aliphatic hydroxyl groups excluding tert-OH is 2. The van der Waals surface area contributed by atoms with Crippen LogP contribution in [0.25, 0.3) is 10.2 Å². The second kappa shape index (κ2) is 9.88. The van der Waals surface area contributed by atoms with E-state index in [0.717, 1.165) is 40.1 Å². The van der Waals surface area contributed by atoms with Crippen LogP contribution in [0.4, 0.5) is 0 Å². The van der Waals surface area contributed by atoms with Crippen LogP contribution in [-0.2, 0) is 19.1 Å². The molecule has 1 unspecified atom stereocenters. The molecule has 4 rings (SSSR count). The number of fused-ring (bicyclic) bond motifs is 2. The molecule has 2 aliphatic heterocycles. The zero-order valence-corrected chi connectivity index (χ0v) is 22.1. The lowest BCUT2D eigenvalue weighted by Gasteiger charge is -2.31. The number of hydrogen-bond donors (Lipinski definition) is 2. The topological polar surface area (TPSA) is 109 Å². The third kappa shape index (κ3) is 5.77. The first-order valence-electron chi connectivity index (χ1n) is 12.5. The maximum absolute atomic E-state index is 13.0. The number of aromatic nitrogens is 1. The van der Waals surface area contributed by atoms with Crippen molar-refractivity contribution in [2.75, 3.05) is 0 Å². The van der Waals surface area contributed by atoms with Gasteiger partial charge in [0.25, 0.3) is 0 Å². The predicted octanol–water partition coefficient (Wildman–Crippen LogP) is 4.65. The molecule has 6 atom stereocenters. The zero-order chi connectivity index (χ0) is 25.5. The van der Waals surface area contributed by atoms with Gasteiger partial charge in [-0.25, -0.2) is 4.98 Å². The third-order valence-corrected chi connectivity index (χ3v) is 8.88. The van der Waals surface area contributed by atoms with E-state index in [-0.39, 0.29) is 36.2 Å². The number of aryl methyl sites for hydroxylation is 1. The number of aliphatic hydroxyl groups is 2. The van der Waals surface area contributed by atoms with Gasteiger partial charge >= 0.3 is 5.97 Å². The Morgan fingerprint density at radius 1 is 1.14 bits per heavy atom. The molecule has 2 aliphatic rings. The van der Waals surface area contributed by atoms with Gasteiger partial charge < -0.3 is 19.7 Å². The fraction of sp³-hybridized carbons (Fsp3) is 0.667. The Balaban J connectivity index is 1.60. The fourth-order valence-corrected chi connectivity index (χ4v) is 5.75. The summed E-state index contributed by atoms with van der Waals surface area (Å²) < 4.78 is 13.1. The highest BCUT2D eigenvalue weighted by molar-refractivity contribution is 7.18. The molecule has 1 aromatic heterocycles. The number of carbonyl (C=O) groups excluding carboxylic acids is 2. The summed E-state index contributed by atoms with van der Waals surface area (Å²) in [7, 11) is 0. The Hall–Kier alpha value is -1.87. The first-order valence-corrected chi connectivity index (χ1v) is 13.3. The van der Waals surface area contributed by atoms with Gasteiger partial charge in [0, 0.05) is 18.3 Å². The molecule has 2 aromatic rings. The minimum absolute atomic E-state index is 0.0492. The average molecular weight is 504 g/mol. The van der Waals surface area contributed by atoms with Crippen molar-refractivity contribution in [3.63, 3.8) is 0 Å². The molecule has 7 nitrogen and oxygen atoms in total. The van der Waals surface area contributed by atoms with Crippen LogP contribution in [0.15, 0.2) is 18.2 Å². The summed E-state index contributed by atoms with van der Waals surface area (Å²) >= 11 is 1.62. The van der Waals surface area contributed by atoms with Gasteiger partial charge in [-0.15, -0.1) is 11.3 Å². The Labute approximate surface area is 210 Å². The van der Waals surface area contributed by atoms with Gasteiger partial charge in [-0.05, 0) is 50.3 Å². The Kier molecular flexibility index (Phi) is 7.40. The van der Waals surface area contributed by atoms with Crippen LogP contribution in [0.5, 0.6) is 0 Å². The number of cyclic esters (lactones) is 1. The highest BCUT2D eigenvalue weighted by Crippen LogP contribution is 2.46. The van der Waals surface area contributed by atoms with Crippen LogP contribution in [0.1, 0.15) is 82.9 Å². The van der Waals surface area contributed by atoms with Gasteiger partial charge in [0.2, 0.25) is 0 Å². The first-order chi connectivity index (χ1) is 16.4. The monoisotopic (exact) mass is 503 g/mol. The highest BCUT2D eigenvalue weighted by Gasteiger charge is 2.52. The molecule has 0 amide bonds. The SMILES string of the molecule is Cc1nc2cc(C3C[C@@H]4O[C@]4(C)CCC[C@H](C)[C@H](O)CC(=O)C(C)(C)[C@@H](O)CC(=O)O3)ccc2s1. The normalized spacial score (nSPS) is 34.9. The van der Waals surface area contributed by atoms with Crippen molar-refractivity contribution in [3.8, 4) is 0 Å². The predicted molar refractivity (Wildman–Crippen MR) is 134 cm³/mol. The second-order valence-electron chi connectivity index (χ2n) is 11.1. The number of esters is 1. The molecular weight excluding hydrogens is 466 g/mol. The van der Waals surface area contributed by atoms with E-state index in [1.807, 2.05) is 32.0 Å². The first kappa shape index (κ1) is 26.2. The third-order valence-electron chi connectivity index (χ3n) is 7.92. The van der Waals surface area contributed by atoms with Gasteiger partial charge in [0.1, 0.15) is 11.9 Å². The van der Waals surface area contributed by atoms with E-state index >= 15 is 0 Å². The van der Waals surface area contributed by atoms with E-state index in [4.69, 9.17) is 9.47 Å². The van der Waals surface area contributed by atoms with Crippen molar-refractivity contribution in [1.29, 1.82) is 0 Å². The molecule has 192 valence electrons. The largest absolute Gasteiger partial charge is 0.457 e. The minimum atomic E-state index is -1.22. The lowest BCUT2D eigenvalue weighted by Crippen LogP contribution is -2.41. The Morgan fingerprint density at radius 2 is 1.89 bits per heavy atom. The van der Waals surface area contributed by atoms with E-state index in [1.165, 1.54) is 0 Å². The van der Waals surface area contributed by atoms with Crippen molar-refractivity contribution in [2.45, 2.75) is 103 Å². The molecule has 2 N–H and O–H groups in total. The van der Waals surface area contributed by atoms with Crippen LogP contribution in [0.2, 0.25) is 0 Å². The molecule has 0 saturated carbocycles. The highest BCUT2D eigenvalue weighted by atomic mass is 32.1. The molecule has 35 heavy (non-hydrogen) atoms. The summed E-state index contributed by atoms with van der Waals surface area (Å²) in [5, 5.41) is 22.4. The molecule has 0 spiro atoms. The minimum Gasteiger partial charge on any atom is -0.457 e. The smallest absolute Gasteiger partial charge is 0.309 e. The number of thiazole rings is 1. The zero-order valence-electron chi connectivity index (χ0n) is 21.2. The summed E-state index contributed by atoms with van der Waals surface area (Å²) in [6, 6.07) is 5.92. The molecule has 0 radical (unpaired) electrons. The molecular formula is C27H37NO6S. The number of nitrogens with zero attached hydrogens (tertiary/aromatic N) is 1. The number of rotatable bonds is 1. The Morgan fingerprint density at radius 3 is 2.63 bits per heavy atom. The van der Waals surface area contributed by atoms with E-state index < -0.39 is 29.7 Å². The molecule has 0 bridgehead atoms. The number of Topliss-reactive ketones (excluding diaryl/α,β-unsaturated/α-hetero) is 1. The number of benzene rings is 1. The van der Waals surface area contributed by atoms with E-state index in [2.05, 4.69) is 11.9 Å². The van der Waals surface area contributed by atoms with E-state index in [0.29, 0.717) is 6.42 Å². The van der Waals surface area contributed by atoms with Crippen molar-refractivity contribution in [3.05, 3.63) is 28.8 Å². The number of ketones is 1. The lowest BCUT2D eigenvalue weighted by molar-refractivity contribution is -0.155. The van der Waals surface area contributed by atoms with Gasteiger partial charge in [0.15, 0.2) is 0 Å².